The van der Waals surface area contributed by atoms with Gasteiger partial charge in [0.15, 0.2) is 18.1 Å². The molecule has 0 unspecified atom stereocenters. The van der Waals surface area contributed by atoms with Gasteiger partial charge in [-0.05, 0) is 49.2 Å². The number of hydrogen-bond donors (Lipinski definition) is 1. The van der Waals surface area contributed by atoms with Crippen LogP contribution in [-0.4, -0.2) is 32.4 Å². The molecule has 6 nitrogen and oxygen atoms in total. The highest BCUT2D eigenvalue weighted by atomic mass is 16.6. The zero-order chi connectivity index (χ0) is 18.8. The molecule has 0 saturated heterocycles. The second-order valence-electron chi connectivity index (χ2n) is 5.45. The van der Waals surface area contributed by atoms with E-state index < -0.39 is 0 Å². The minimum atomic E-state index is -0.264. The van der Waals surface area contributed by atoms with Crippen LogP contribution >= 0.6 is 0 Å². The van der Waals surface area contributed by atoms with Crippen LogP contribution in [0.15, 0.2) is 47.6 Å². The standard InChI is InChI=1S/C20H24N2O4/c1-4-15-7-6-8-17(11-15)22-20(23)14-26-21-13-16-9-10-18(25-5-2)19(12-16)24-3/h6-13H,4-5,14H2,1-3H3,(H,22,23)/b21-13+. The fourth-order valence-corrected chi connectivity index (χ4v) is 2.30. The summed E-state index contributed by atoms with van der Waals surface area (Å²) in [4.78, 5) is 17.0. The summed E-state index contributed by atoms with van der Waals surface area (Å²) in [5.41, 5.74) is 2.69. The summed E-state index contributed by atoms with van der Waals surface area (Å²) < 4.78 is 10.7. The van der Waals surface area contributed by atoms with Crippen molar-refractivity contribution in [3.05, 3.63) is 53.6 Å². The van der Waals surface area contributed by atoms with Gasteiger partial charge in [-0.3, -0.25) is 4.79 Å². The molecule has 1 N–H and O–H groups in total. The molecule has 0 aromatic heterocycles. The Morgan fingerprint density at radius 2 is 2.00 bits per heavy atom. The zero-order valence-corrected chi connectivity index (χ0v) is 15.3. The molecule has 0 fully saturated rings. The van der Waals surface area contributed by atoms with Gasteiger partial charge in [-0.1, -0.05) is 24.2 Å². The Labute approximate surface area is 153 Å². The van der Waals surface area contributed by atoms with Crippen molar-refractivity contribution in [3.8, 4) is 11.5 Å². The number of aryl methyl sites for hydroxylation is 1. The average Bonchev–Trinajstić information content (AvgIpc) is 2.66. The number of carbonyl (C=O) groups excluding carboxylic acids is 1. The van der Waals surface area contributed by atoms with E-state index in [0.29, 0.717) is 18.1 Å². The molecule has 0 aliphatic rings. The fraction of sp³-hybridized carbons (Fsp3) is 0.300. The normalized spacial score (nSPS) is 10.6. The predicted octanol–water partition coefficient (Wildman–Crippen LogP) is 3.65. The number of amides is 1. The number of methoxy groups -OCH3 is 1. The predicted molar refractivity (Wildman–Crippen MR) is 102 cm³/mol. The van der Waals surface area contributed by atoms with Crippen LogP contribution in [-0.2, 0) is 16.1 Å². The number of anilines is 1. The van der Waals surface area contributed by atoms with E-state index in [4.69, 9.17) is 14.3 Å². The lowest BCUT2D eigenvalue weighted by Gasteiger charge is -2.09. The molecule has 0 aliphatic carbocycles. The first kappa shape index (κ1) is 19.3. The Morgan fingerprint density at radius 3 is 2.73 bits per heavy atom. The van der Waals surface area contributed by atoms with Gasteiger partial charge in [0.2, 0.25) is 0 Å². The lowest BCUT2D eigenvalue weighted by molar-refractivity contribution is -0.120. The Morgan fingerprint density at radius 1 is 1.15 bits per heavy atom. The van der Waals surface area contributed by atoms with E-state index in [0.717, 1.165) is 23.2 Å². The molecule has 2 aromatic rings. The van der Waals surface area contributed by atoms with Crippen molar-refractivity contribution in [2.24, 2.45) is 5.16 Å². The van der Waals surface area contributed by atoms with E-state index in [1.165, 1.54) is 6.21 Å². The summed E-state index contributed by atoms with van der Waals surface area (Å²) in [6, 6.07) is 13.1. The Bertz CT molecular complexity index is 759. The van der Waals surface area contributed by atoms with Crippen molar-refractivity contribution in [1.29, 1.82) is 0 Å². The van der Waals surface area contributed by atoms with Crippen molar-refractivity contribution in [2.45, 2.75) is 20.3 Å². The quantitative estimate of drug-likeness (QED) is 0.550. The van der Waals surface area contributed by atoms with Crippen molar-refractivity contribution in [3.63, 3.8) is 0 Å². The molecule has 26 heavy (non-hydrogen) atoms. The first-order valence-electron chi connectivity index (χ1n) is 8.51. The maximum atomic E-state index is 11.9. The highest BCUT2D eigenvalue weighted by Gasteiger charge is 2.05. The molecule has 0 aliphatic heterocycles. The smallest absolute Gasteiger partial charge is 0.265 e. The maximum absolute atomic E-state index is 11.9. The van der Waals surface area contributed by atoms with Crippen LogP contribution < -0.4 is 14.8 Å². The molecule has 0 radical (unpaired) electrons. The minimum Gasteiger partial charge on any atom is -0.493 e. The van der Waals surface area contributed by atoms with E-state index in [1.54, 1.807) is 19.2 Å². The minimum absolute atomic E-state index is 0.166. The molecule has 0 atom stereocenters. The Hall–Kier alpha value is -3.02. The topological polar surface area (TPSA) is 69.2 Å². The fourth-order valence-electron chi connectivity index (χ4n) is 2.30. The van der Waals surface area contributed by atoms with Crippen molar-refractivity contribution < 1.29 is 19.1 Å². The van der Waals surface area contributed by atoms with Crippen LogP contribution in [0, 0.1) is 0 Å². The molecule has 6 heteroatoms. The highest BCUT2D eigenvalue weighted by Crippen LogP contribution is 2.27. The van der Waals surface area contributed by atoms with Gasteiger partial charge in [0.05, 0.1) is 19.9 Å². The van der Waals surface area contributed by atoms with Gasteiger partial charge in [0.25, 0.3) is 5.91 Å². The van der Waals surface area contributed by atoms with Gasteiger partial charge in [-0.2, -0.15) is 0 Å². The van der Waals surface area contributed by atoms with Gasteiger partial charge in [0.1, 0.15) is 0 Å². The SMILES string of the molecule is CCOc1ccc(/C=N/OCC(=O)Nc2cccc(CC)c2)cc1OC. The number of benzene rings is 2. The lowest BCUT2D eigenvalue weighted by Crippen LogP contribution is -2.17. The number of nitrogens with zero attached hydrogens (tertiary/aromatic N) is 1. The van der Waals surface area contributed by atoms with E-state index in [2.05, 4.69) is 17.4 Å². The first-order valence-corrected chi connectivity index (χ1v) is 8.51. The van der Waals surface area contributed by atoms with E-state index in [9.17, 15) is 4.79 Å². The highest BCUT2D eigenvalue weighted by molar-refractivity contribution is 5.91. The van der Waals surface area contributed by atoms with Gasteiger partial charge < -0.3 is 19.6 Å². The van der Waals surface area contributed by atoms with Crippen LogP contribution in [0.25, 0.3) is 0 Å². The summed E-state index contributed by atoms with van der Waals surface area (Å²) in [5.74, 6) is 1.02. The van der Waals surface area contributed by atoms with Gasteiger partial charge in [-0.15, -0.1) is 0 Å². The van der Waals surface area contributed by atoms with Crippen LogP contribution in [0.1, 0.15) is 25.0 Å². The van der Waals surface area contributed by atoms with Gasteiger partial charge in [0, 0.05) is 11.3 Å². The van der Waals surface area contributed by atoms with E-state index >= 15 is 0 Å². The number of oxime groups is 1. The molecular weight excluding hydrogens is 332 g/mol. The summed E-state index contributed by atoms with van der Waals surface area (Å²) >= 11 is 0. The summed E-state index contributed by atoms with van der Waals surface area (Å²) in [7, 11) is 1.58. The molecule has 2 aromatic carbocycles. The molecule has 1 amide bonds. The van der Waals surface area contributed by atoms with Crippen molar-refractivity contribution in [1.82, 2.24) is 0 Å². The Balaban J connectivity index is 1.85. The Kier molecular flexibility index (Phi) is 7.49. The van der Waals surface area contributed by atoms with Crippen LogP contribution in [0.3, 0.4) is 0 Å². The van der Waals surface area contributed by atoms with Gasteiger partial charge >= 0.3 is 0 Å². The monoisotopic (exact) mass is 356 g/mol. The van der Waals surface area contributed by atoms with Crippen LogP contribution in [0.2, 0.25) is 0 Å². The number of ether oxygens (including phenoxy) is 2. The molecule has 0 heterocycles. The molecule has 138 valence electrons. The molecule has 0 saturated carbocycles. The third kappa shape index (κ3) is 5.81. The largest absolute Gasteiger partial charge is 0.493 e. The van der Waals surface area contributed by atoms with Crippen LogP contribution in [0.4, 0.5) is 5.69 Å². The van der Waals surface area contributed by atoms with Gasteiger partial charge in [-0.25, -0.2) is 0 Å². The third-order valence-electron chi connectivity index (χ3n) is 3.58. The summed E-state index contributed by atoms with van der Waals surface area (Å²) in [6.45, 7) is 4.37. The lowest BCUT2D eigenvalue weighted by atomic mass is 10.1. The van der Waals surface area contributed by atoms with Crippen LogP contribution in [0.5, 0.6) is 11.5 Å². The average molecular weight is 356 g/mol. The summed E-state index contributed by atoms with van der Waals surface area (Å²) in [6.07, 6.45) is 2.43. The van der Waals surface area contributed by atoms with Crippen molar-refractivity contribution in [2.75, 3.05) is 25.6 Å². The number of nitrogens with one attached hydrogen (secondary N) is 1. The number of carbonyl (C=O) groups is 1. The molecule has 2 rings (SSSR count). The molecule has 0 spiro atoms. The second kappa shape index (κ2) is 10.1. The number of hydrogen-bond acceptors (Lipinski definition) is 5. The zero-order valence-electron chi connectivity index (χ0n) is 15.3. The third-order valence-corrected chi connectivity index (χ3v) is 3.58. The summed E-state index contributed by atoms with van der Waals surface area (Å²) in [5, 5.41) is 6.61. The number of rotatable bonds is 9. The second-order valence-corrected chi connectivity index (χ2v) is 5.45. The maximum Gasteiger partial charge on any atom is 0.265 e. The molecule has 0 bridgehead atoms. The molecular formula is C20H24N2O4. The van der Waals surface area contributed by atoms with E-state index in [-0.39, 0.29) is 12.5 Å². The first-order chi connectivity index (χ1) is 12.7. The van der Waals surface area contributed by atoms with E-state index in [1.807, 2.05) is 37.3 Å². The van der Waals surface area contributed by atoms with Crippen molar-refractivity contribution >= 4 is 17.8 Å².